The summed E-state index contributed by atoms with van der Waals surface area (Å²) in [6.45, 7) is 3.38. The summed E-state index contributed by atoms with van der Waals surface area (Å²) in [6.07, 6.45) is 60.0. The van der Waals surface area contributed by atoms with Crippen LogP contribution in [0.2, 0.25) is 0 Å². The van der Waals surface area contributed by atoms with Gasteiger partial charge >= 0.3 is 13.8 Å². The molecule has 0 radical (unpaired) electrons. The number of aliphatic hydroxyl groups is 2. The lowest BCUT2D eigenvalue weighted by Gasteiger charge is -2.20. The van der Waals surface area contributed by atoms with Gasteiger partial charge in [0.2, 0.25) is 0 Å². The summed E-state index contributed by atoms with van der Waals surface area (Å²) in [5.41, 5.74) is 0. The van der Waals surface area contributed by atoms with Crippen molar-refractivity contribution in [2.75, 3.05) is 33.0 Å². The molecule has 0 rings (SSSR count). The molecule has 10 heteroatoms. The number of esters is 1. The Morgan fingerprint density at radius 2 is 0.905 bits per heavy atom. The minimum atomic E-state index is -4.53. The Bertz CT molecular complexity index is 1210. The first-order valence-corrected chi connectivity index (χ1v) is 26.9. The van der Waals surface area contributed by atoms with Gasteiger partial charge in [-0.1, -0.05) is 196 Å². The fourth-order valence-corrected chi connectivity index (χ4v) is 7.58. The van der Waals surface area contributed by atoms with E-state index in [1.165, 1.54) is 103 Å². The number of carbonyl (C=O) groups is 1. The number of hydrogen-bond donors (Lipinski definition) is 3. The average Bonchev–Trinajstić information content (AvgIpc) is 3.28. The highest BCUT2D eigenvalue weighted by atomic mass is 31.2. The van der Waals surface area contributed by atoms with E-state index in [-0.39, 0.29) is 19.6 Å². The third kappa shape index (κ3) is 49.2. The Hall–Kier alpha value is -2.10. The smallest absolute Gasteiger partial charge is 0.457 e. The van der Waals surface area contributed by atoms with Crippen LogP contribution in [0.1, 0.15) is 213 Å². The molecule has 3 N–H and O–H groups in total. The summed E-state index contributed by atoms with van der Waals surface area (Å²) >= 11 is 0. The van der Waals surface area contributed by atoms with Crippen molar-refractivity contribution >= 4 is 13.8 Å². The predicted octanol–water partition coefficient (Wildman–Crippen LogP) is 14.9. The summed E-state index contributed by atoms with van der Waals surface area (Å²) in [6, 6.07) is 0. The van der Waals surface area contributed by atoms with Gasteiger partial charge in [-0.3, -0.25) is 13.8 Å². The molecule has 366 valence electrons. The average molecular weight is 907 g/mol. The molecule has 3 unspecified atom stereocenters. The Morgan fingerprint density at radius 3 is 1.37 bits per heavy atom. The van der Waals surface area contributed by atoms with Gasteiger partial charge in [0.25, 0.3) is 0 Å². The number of phosphoric acid groups is 1. The standard InChI is InChI=1S/C53H95O9P/c1-3-5-7-9-11-13-15-17-19-21-23-24-25-26-27-29-31-33-35-37-39-41-43-45-53(56)62-52(50-61-63(57,58)60-48-51(55)47-54)49-59-46-44-42-40-38-36-34-32-30-28-22-20-18-16-14-12-10-8-6-4-2/h5,7,11,13-14,16-17,19-20,22-24,51-52,54-55H,3-4,6,8-10,12,15,18,21,25-50H2,1-2H3,(H,57,58)/b7-5-,13-11-,16-14-,19-17-,22-20-,24-23-. The SMILES string of the molecule is CC/C=C\C/C=C\C/C=C\C/C=C\CCCCCCCCCCCCC(=O)OC(COCCCCCCCCCC/C=C\C/C=C\CCCCCC)COP(=O)(O)OCC(O)CO. The maximum Gasteiger partial charge on any atom is 0.472 e. The molecule has 0 aliphatic heterocycles. The highest BCUT2D eigenvalue weighted by Crippen LogP contribution is 2.43. The van der Waals surface area contributed by atoms with Crippen molar-refractivity contribution in [3.63, 3.8) is 0 Å². The van der Waals surface area contributed by atoms with Crippen LogP contribution in [0.5, 0.6) is 0 Å². The first kappa shape index (κ1) is 60.9. The van der Waals surface area contributed by atoms with Crippen molar-refractivity contribution < 1.29 is 43.0 Å². The minimum Gasteiger partial charge on any atom is -0.457 e. The van der Waals surface area contributed by atoms with Crippen LogP contribution in [0.4, 0.5) is 0 Å². The Morgan fingerprint density at radius 1 is 0.508 bits per heavy atom. The number of aliphatic hydroxyl groups excluding tert-OH is 2. The molecule has 0 saturated carbocycles. The van der Waals surface area contributed by atoms with Crippen LogP contribution in [0, 0.1) is 0 Å². The van der Waals surface area contributed by atoms with Crippen molar-refractivity contribution in [3.05, 3.63) is 72.9 Å². The predicted molar refractivity (Wildman–Crippen MR) is 265 cm³/mol. The molecule has 0 heterocycles. The lowest BCUT2D eigenvalue weighted by molar-refractivity contribution is -0.154. The van der Waals surface area contributed by atoms with E-state index in [9.17, 15) is 19.4 Å². The fourth-order valence-electron chi connectivity index (χ4n) is 6.79. The Kier molecular flexibility index (Phi) is 47.7. The monoisotopic (exact) mass is 907 g/mol. The van der Waals surface area contributed by atoms with E-state index in [0.29, 0.717) is 6.61 Å². The molecule has 0 aromatic carbocycles. The topological polar surface area (TPSA) is 132 Å². The van der Waals surface area contributed by atoms with Gasteiger partial charge in [-0.2, -0.15) is 0 Å². The second-order valence-corrected chi connectivity index (χ2v) is 18.3. The first-order chi connectivity index (χ1) is 30.8. The summed E-state index contributed by atoms with van der Waals surface area (Å²) in [5.74, 6) is -0.390. The maximum atomic E-state index is 12.7. The third-order valence-electron chi connectivity index (χ3n) is 10.6. The molecule has 0 saturated heterocycles. The van der Waals surface area contributed by atoms with Gasteiger partial charge in [0.05, 0.1) is 26.4 Å². The molecule has 0 amide bonds. The van der Waals surface area contributed by atoms with Gasteiger partial charge in [-0.25, -0.2) is 4.57 Å². The normalized spacial score (nSPS) is 14.4. The zero-order chi connectivity index (χ0) is 46.0. The molecule has 0 spiro atoms. The van der Waals surface area contributed by atoms with Crippen molar-refractivity contribution in [3.8, 4) is 0 Å². The second kappa shape index (κ2) is 49.3. The zero-order valence-electron chi connectivity index (χ0n) is 40.3. The summed E-state index contributed by atoms with van der Waals surface area (Å²) in [4.78, 5) is 22.7. The van der Waals surface area contributed by atoms with Crippen LogP contribution in [0.15, 0.2) is 72.9 Å². The van der Waals surface area contributed by atoms with Gasteiger partial charge in [0.15, 0.2) is 0 Å². The second-order valence-electron chi connectivity index (χ2n) is 16.8. The van der Waals surface area contributed by atoms with Crippen molar-refractivity contribution in [1.29, 1.82) is 0 Å². The molecule has 3 atom stereocenters. The van der Waals surface area contributed by atoms with Gasteiger partial charge in [-0.05, 0) is 83.5 Å². The number of carbonyl (C=O) groups excluding carboxylic acids is 1. The van der Waals surface area contributed by atoms with Crippen LogP contribution in [-0.2, 0) is 27.9 Å². The van der Waals surface area contributed by atoms with E-state index < -0.39 is 39.2 Å². The number of rotatable bonds is 48. The summed E-state index contributed by atoms with van der Waals surface area (Å²) < 4.78 is 33.5. The lowest BCUT2D eigenvalue weighted by Crippen LogP contribution is -2.29. The largest absolute Gasteiger partial charge is 0.472 e. The third-order valence-corrected chi connectivity index (χ3v) is 11.6. The van der Waals surface area contributed by atoms with Gasteiger partial charge < -0.3 is 24.6 Å². The molecule has 0 fully saturated rings. The van der Waals surface area contributed by atoms with Gasteiger partial charge in [0.1, 0.15) is 12.2 Å². The van der Waals surface area contributed by atoms with Crippen LogP contribution in [-0.4, -0.2) is 66.3 Å². The maximum absolute atomic E-state index is 12.7. The minimum absolute atomic E-state index is 0.0409. The number of ether oxygens (including phenoxy) is 2. The van der Waals surface area contributed by atoms with Gasteiger partial charge in [0, 0.05) is 13.0 Å². The van der Waals surface area contributed by atoms with Gasteiger partial charge in [-0.15, -0.1) is 0 Å². The zero-order valence-corrected chi connectivity index (χ0v) is 41.2. The van der Waals surface area contributed by atoms with E-state index in [1.807, 2.05) is 0 Å². The van der Waals surface area contributed by atoms with E-state index in [4.69, 9.17) is 23.6 Å². The molecule has 0 aromatic rings. The van der Waals surface area contributed by atoms with E-state index in [1.54, 1.807) is 0 Å². The van der Waals surface area contributed by atoms with Crippen LogP contribution in [0.25, 0.3) is 0 Å². The number of allylic oxidation sites excluding steroid dienone is 12. The Labute approximate surface area is 386 Å². The molecular weight excluding hydrogens is 812 g/mol. The Balaban J connectivity index is 4.10. The number of phosphoric ester groups is 1. The molecular formula is C53H95O9P. The van der Waals surface area contributed by atoms with Crippen LogP contribution < -0.4 is 0 Å². The summed E-state index contributed by atoms with van der Waals surface area (Å²) in [7, 11) is -4.53. The number of hydrogen-bond acceptors (Lipinski definition) is 8. The molecule has 0 aromatic heterocycles. The van der Waals surface area contributed by atoms with Crippen LogP contribution in [0.3, 0.4) is 0 Å². The molecule has 0 bridgehead atoms. The van der Waals surface area contributed by atoms with Crippen molar-refractivity contribution in [2.45, 2.75) is 225 Å². The summed E-state index contributed by atoms with van der Waals surface area (Å²) in [5, 5.41) is 18.4. The number of unbranched alkanes of at least 4 members (excludes halogenated alkanes) is 22. The van der Waals surface area contributed by atoms with E-state index >= 15 is 0 Å². The highest BCUT2D eigenvalue weighted by Gasteiger charge is 2.26. The van der Waals surface area contributed by atoms with E-state index in [2.05, 4.69) is 86.8 Å². The molecule has 0 aliphatic rings. The van der Waals surface area contributed by atoms with Crippen LogP contribution >= 0.6 is 7.82 Å². The first-order valence-electron chi connectivity index (χ1n) is 25.4. The highest BCUT2D eigenvalue weighted by molar-refractivity contribution is 7.47. The van der Waals surface area contributed by atoms with E-state index in [0.717, 1.165) is 89.9 Å². The quantitative estimate of drug-likeness (QED) is 0.0236. The van der Waals surface area contributed by atoms with Crippen molar-refractivity contribution in [2.24, 2.45) is 0 Å². The lowest BCUT2D eigenvalue weighted by atomic mass is 10.0. The fraction of sp³-hybridized carbons (Fsp3) is 0.755. The molecule has 0 aliphatic carbocycles. The van der Waals surface area contributed by atoms with Crippen molar-refractivity contribution in [1.82, 2.24) is 0 Å². The molecule has 9 nitrogen and oxygen atoms in total. The molecule has 63 heavy (non-hydrogen) atoms.